The Balaban J connectivity index is 1.96. The van der Waals surface area contributed by atoms with E-state index in [-0.39, 0.29) is 17.7 Å². The van der Waals surface area contributed by atoms with E-state index in [0.29, 0.717) is 24.3 Å². The van der Waals surface area contributed by atoms with Crippen LogP contribution in [0.15, 0.2) is 24.3 Å². The van der Waals surface area contributed by atoms with Gasteiger partial charge < -0.3 is 0 Å². The Morgan fingerprint density at radius 1 is 1.23 bits per heavy atom. The molecule has 1 N–H and O–H groups in total. The zero-order valence-corrected chi connectivity index (χ0v) is 14.0. The van der Waals surface area contributed by atoms with Crippen molar-refractivity contribution in [3.8, 4) is 6.07 Å². The van der Waals surface area contributed by atoms with Crippen LogP contribution in [0.25, 0.3) is 0 Å². The third kappa shape index (κ3) is 4.98. The number of nitrogens with one attached hydrogen (secondary N) is 1. The summed E-state index contributed by atoms with van der Waals surface area (Å²) < 4.78 is 27.2. The van der Waals surface area contributed by atoms with Crippen molar-refractivity contribution in [1.82, 2.24) is 4.72 Å². The van der Waals surface area contributed by atoms with Crippen molar-refractivity contribution < 1.29 is 8.42 Å². The molecule has 1 aromatic rings. The molecule has 4 nitrogen and oxygen atoms in total. The van der Waals surface area contributed by atoms with Gasteiger partial charge in [-0.05, 0) is 43.4 Å². The molecule has 0 heterocycles. The Morgan fingerprint density at radius 2 is 1.95 bits per heavy atom. The molecule has 0 aromatic heterocycles. The SMILES string of the molecule is N#CCCCCS(=O)(=O)N[C@H]1CCC[C@@H]1c1ccc(Cl)cc1. The first-order valence-electron chi connectivity index (χ1n) is 7.64. The van der Waals surface area contributed by atoms with Crippen LogP contribution in [0.4, 0.5) is 0 Å². The van der Waals surface area contributed by atoms with E-state index in [9.17, 15) is 8.42 Å². The van der Waals surface area contributed by atoms with Gasteiger partial charge in [-0.2, -0.15) is 5.26 Å². The zero-order chi connectivity index (χ0) is 16.0. The number of hydrogen-bond donors (Lipinski definition) is 1. The van der Waals surface area contributed by atoms with Crippen molar-refractivity contribution in [2.45, 2.75) is 50.5 Å². The molecule has 0 radical (unpaired) electrons. The molecule has 0 aliphatic heterocycles. The fraction of sp³-hybridized carbons (Fsp3) is 0.562. The average Bonchev–Trinajstić information content (AvgIpc) is 2.92. The predicted octanol–water partition coefficient (Wildman–Crippen LogP) is 3.59. The highest BCUT2D eigenvalue weighted by Gasteiger charge is 2.31. The molecule has 1 aromatic carbocycles. The van der Waals surface area contributed by atoms with Crippen LogP contribution in [0, 0.1) is 11.3 Å². The summed E-state index contributed by atoms with van der Waals surface area (Å²) >= 11 is 5.91. The Labute approximate surface area is 137 Å². The third-order valence-electron chi connectivity index (χ3n) is 4.10. The molecular formula is C16H21ClN2O2S. The van der Waals surface area contributed by atoms with Crippen molar-refractivity contribution in [2.24, 2.45) is 0 Å². The number of nitriles is 1. The number of halogens is 1. The molecule has 0 saturated heterocycles. The van der Waals surface area contributed by atoms with E-state index in [1.807, 2.05) is 30.3 Å². The normalized spacial score (nSPS) is 21.6. The van der Waals surface area contributed by atoms with Crippen molar-refractivity contribution in [2.75, 3.05) is 5.75 Å². The van der Waals surface area contributed by atoms with Gasteiger partial charge in [-0.15, -0.1) is 0 Å². The van der Waals surface area contributed by atoms with Crippen LogP contribution in [0.3, 0.4) is 0 Å². The summed E-state index contributed by atoms with van der Waals surface area (Å²) in [7, 11) is -3.28. The van der Waals surface area contributed by atoms with Crippen LogP contribution in [-0.2, 0) is 10.0 Å². The zero-order valence-electron chi connectivity index (χ0n) is 12.5. The first kappa shape index (κ1) is 17.3. The van der Waals surface area contributed by atoms with Gasteiger partial charge in [-0.3, -0.25) is 0 Å². The summed E-state index contributed by atoms with van der Waals surface area (Å²) in [4.78, 5) is 0. The lowest BCUT2D eigenvalue weighted by Crippen LogP contribution is -2.37. The minimum absolute atomic E-state index is 0.0397. The van der Waals surface area contributed by atoms with E-state index in [1.54, 1.807) is 0 Å². The highest BCUT2D eigenvalue weighted by atomic mass is 35.5. The number of unbranched alkanes of at least 4 members (excludes halogenated alkanes) is 2. The third-order valence-corrected chi connectivity index (χ3v) is 5.84. The maximum absolute atomic E-state index is 12.2. The summed E-state index contributed by atoms with van der Waals surface area (Å²) in [6.07, 6.45) is 4.44. The quantitative estimate of drug-likeness (QED) is 0.771. The van der Waals surface area contributed by atoms with Gasteiger partial charge in [0.1, 0.15) is 0 Å². The predicted molar refractivity (Wildman–Crippen MR) is 88.2 cm³/mol. The maximum atomic E-state index is 12.2. The number of rotatable bonds is 7. The smallest absolute Gasteiger partial charge is 0.211 e. The number of benzene rings is 1. The standard InChI is InChI=1S/C16H21ClN2O2S/c17-14-9-7-13(8-10-14)15-5-4-6-16(15)19-22(20,21)12-3-1-2-11-18/h7-10,15-16,19H,1-6,12H2/t15-,16+/m1/s1. The summed E-state index contributed by atoms with van der Waals surface area (Å²) in [5.74, 6) is 0.310. The molecule has 6 heteroatoms. The topological polar surface area (TPSA) is 70.0 Å². The van der Waals surface area contributed by atoms with Gasteiger partial charge >= 0.3 is 0 Å². The van der Waals surface area contributed by atoms with Crippen LogP contribution in [-0.4, -0.2) is 20.2 Å². The average molecular weight is 341 g/mol. The van der Waals surface area contributed by atoms with Crippen LogP contribution >= 0.6 is 11.6 Å². The molecular weight excluding hydrogens is 320 g/mol. The van der Waals surface area contributed by atoms with Crippen LogP contribution in [0.1, 0.15) is 50.0 Å². The van der Waals surface area contributed by atoms with Gasteiger partial charge in [-0.25, -0.2) is 13.1 Å². The minimum atomic E-state index is -3.28. The number of nitrogens with zero attached hydrogens (tertiary/aromatic N) is 1. The van der Waals surface area contributed by atoms with Crippen molar-refractivity contribution in [1.29, 1.82) is 5.26 Å². The Hall–Kier alpha value is -1.09. The van der Waals surface area contributed by atoms with E-state index >= 15 is 0 Å². The molecule has 22 heavy (non-hydrogen) atoms. The highest BCUT2D eigenvalue weighted by Crippen LogP contribution is 2.35. The Kier molecular flexibility index (Phi) is 6.25. The van der Waals surface area contributed by atoms with Crippen molar-refractivity contribution >= 4 is 21.6 Å². The largest absolute Gasteiger partial charge is 0.212 e. The lowest BCUT2D eigenvalue weighted by Gasteiger charge is -2.21. The summed E-state index contributed by atoms with van der Waals surface area (Å²) in [6.45, 7) is 0. The highest BCUT2D eigenvalue weighted by molar-refractivity contribution is 7.89. The summed E-state index contributed by atoms with van der Waals surface area (Å²) in [5, 5.41) is 9.17. The molecule has 0 amide bonds. The first-order valence-corrected chi connectivity index (χ1v) is 9.67. The van der Waals surface area contributed by atoms with Crippen LogP contribution in [0.2, 0.25) is 5.02 Å². The van der Waals surface area contributed by atoms with Gasteiger partial charge in [0.2, 0.25) is 10.0 Å². The molecule has 2 atom stereocenters. The monoisotopic (exact) mass is 340 g/mol. The maximum Gasteiger partial charge on any atom is 0.211 e. The van der Waals surface area contributed by atoms with Gasteiger partial charge in [-0.1, -0.05) is 30.2 Å². The molecule has 0 spiro atoms. The van der Waals surface area contributed by atoms with Crippen LogP contribution in [0.5, 0.6) is 0 Å². The summed E-state index contributed by atoms with van der Waals surface area (Å²) in [6, 6.07) is 9.65. The Bertz CT molecular complexity index is 623. The molecule has 120 valence electrons. The van der Waals surface area contributed by atoms with E-state index in [0.717, 1.165) is 24.8 Å². The molecule has 1 aliphatic rings. The second kappa shape index (κ2) is 7.96. The number of hydrogen-bond acceptors (Lipinski definition) is 3. The van der Waals surface area contributed by atoms with Crippen molar-refractivity contribution in [3.05, 3.63) is 34.9 Å². The molecule has 0 unspecified atom stereocenters. The second-order valence-corrected chi connectivity index (χ2v) is 8.06. The molecule has 1 fully saturated rings. The Morgan fingerprint density at radius 3 is 2.64 bits per heavy atom. The van der Waals surface area contributed by atoms with Gasteiger partial charge in [0.15, 0.2) is 0 Å². The van der Waals surface area contributed by atoms with Crippen LogP contribution < -0.4 is 4.72 Å². The van der Waals surface area contributed by atoms with Gasteiger partial charge in [0.25, 0.3) is 0 Å². The first-order chi connectivity index (χ1) is 10.5. The van der Waals surface area contributed by atoms with E-state index < -0.39 is 10.0 Å². The molecule has 2 rings (SSSR count). The van der Waals surface area contributed by atoms with Gasteiger partial charge in [0, 0.05) is 23.4 Å². The van der Waals surface area contributed by atoms with Crippen molar-refractivity contribution in [3.63, 3.8) is 0 Å². The molecule has 1 saturated carbocycles. The number of sulfonamides is 1. The minimum Gasteiger partial charge on any atom is -0.212 e. The lowest BCUT2D eigenvalue weighted by atomic mass is 9.95. The van der Waals surface area contributed by atoms with E-state index in [4.69, 9.17) is 16.9 Å². The van der Waals surface area contributed by atoms with Gasteiger partial charge in [0.05, 0.1) is 11.8 Å². The fourth-order valence-corrected chi connectivity index (χ4v) is 4.57. The molecule has 1 aliphatic carbocycles. The second-order valence-electron chi connectivity index (χ2n) is 5.75. The van der Waals surface area contributed by atoms with E-state index in [2.05, 4.69) is 4.72 Å². The van der Waals surface area contributed by atoms with E-state index in [1.165, 1.54) is 0 Å². The summed E-state index contributed by atoms with van der Waals surface area (Å²) in [5.41, 5.74) is 1.14. The lowest BCUT2D eigenvalue weighted by molar-refractivity contribution is 0.523. The fourth-order valence-electron chi connectivity index (χ4n) is 3.00. The molecule has 0 bridgehead atoms.